The molecule has 4 aromatic rings. The third-order valence-electron chi connectivity index (χ3n) is 5.65. The number of nitrogens with one attached hydrogen (secondary N) is 2. The van der Waals surface area contributed by atoms with Crippen LogP contribution in [0.1, 0.15) is 17.2 Å². The number of hydrogen-bond acceptors (Lipinski definition) is 4. The SMILES string of the molecule is Fc1ccc(-c2ccc(C(c3cn[nH]c3-c3ccco3)N3CCNCC3)cc2)cc1. The van der Waals surface area contributed by atoms with Gasteiger partial charge in [0, 0.05) is 31.7 Å². The van der Waals surface area contributed by atoms with Gasteiger partial charge in [-0.05, 0) is 41.0 Å². The van der Waals surface area contributed by atoms with Gasteiger partial charge in [0.2, 0.25) is 0 Å². The van der Waals surface area contributed by atoms with Crippen molar-refractivity contribution in [1.82, 2.24) is 20.4 Å². The Labute approximate surface area is 174 Å². The maximum Gasteiger partial charge on any atom is 0.151 e. The van der Waals surface area contributed by atoms with Crippen LogP contribution in [-0.2, 0) is 0 Å². The summed E-state index contributed by atoms with van der Waals surface area (Å²) in [6.07, 6.45) is 3.58. The number of nitrogens with zero attached hydrogens (tertiary/aromatic N) is 2. The normalized spacial score (nSPS) is 15.9. The van der Waals surface area contributed by atoms with Crippen molar-refractivity contribution in [2.45, 2.75) is 6.04 Å². The Morgan fingerprint density at radius 1 is 0.933 bits per heavy atom. The highest BCUT2D eigenvalue weighted by Gasteiger charge is 2.28. The number of aromatic nitrogens is 2. The average molecular weight is 402 g/mol. The zero-order chi connectivity index (χ0) is 20.3. The van der Waals surface area contributed by atoms with Crippen LogP contribution in [0.3, 0.4) is 0 Å². The van der Waals surface area contributed by atoms with Crippen molar-refractivity contribution in [3.63, 3.8) is 0 Å². The molecule has 0 bridgehead atoms. The van der Waals surface area contributed by atoms with Crippen LogP contribution in [0.2, 0.25) is 0 Å². The summed E-state index contributed by atoms with van der Waals surface area (Å²) >= 11 is 0. The molecule has 0 aliphatic carbocycles. The number of aromatic amines is 1. The van der Waals surface area contributed by atoms with Crippen molar-refractivity contribution in [2.75, 3.05) is 26.2 Å². The van der Waals surface area contributed by atoms with Gasteiger partial charge < -0.3 is 9.73 Å². The molecule has 1 unspecified atom stereocenters. The third kappa shape index (κ3) is 3.67. The van der Waals surface area contributed by atoms with Gasteiger partial charge in [-0.2, -0.15) is 5.10 Å². The number of furan rings is 1. The van der Waals surface area contributed by atoms with Crippen LogP contribution in [0.5, 0.6) is 0 Å². The highest BCUT2D eigenvalue weighted by Crippen LogP contribution is 2.35. The highest BCUT2D eigenvalue weighted by molar-refractivity contribution is 5.64. The molecule has 5 rings (SSSR count). The van der Waals surface area contributed by atoms with Crippen molar-refractivity contribution >= 4 is 0 Å². The topological polar surface area (TPSA) is 57.1 Å². The highest BCUT2D eigenvalue weighted by atomic mass is 19.1. The molecule has 1 saturated heterocycles. The summed E-state index contributed by atoms with van der Waals surface area (Å²) in [7, 11) is 0. The smallest absolute Gasteiger partial charge is 0.151 e. The lowest BCUT2D eigenvalue weighted by molar-refractivity contribution is 0.198. The molecule has 1 aliphatic heterocycles. The molecule has 0 amide bonds. The Bertz CT molecular complexity index is 1080. The Hall–Kier alpha value is -3.22. The van der Waals surface area contributed by atoms with Crippen LogP contribution in [0.15, 0.2) is 77.5 Å². The summed E-state index contributed by atoms with van der Waals surface area (Å²) in [5.74, 6) is 0.560. The second-order valence-electron chi connectivity index (χ2n) is 7.50. The number of H-pyrrole nitrogens is 1. The van der Waals surface area contributed by atoms with Crippen molar-refractivity contribution in [1.29, 1.82) is 0 Å². The maximum atomic E-state index is 13.3. The van der Waals surface area contributed by atoms with E-state index in [-0.39, 0.29) is 11.9 Å². The average Bonchev–Trinajstić information content (AvgIpc) is 3.48. The number of hydrogen-bond donors (Lipinski definition) is 2. The zero-order valence-corrected chi connectivity index (χ0v) is 16.5. The zero-order valence-electron chi connectivity index (χ0n) is 16.5. The van der Waals surface area contributed by atoms with E-state index in [9.17, 15) is 4.39 Å². The van der Waals surface area contributed by atoms with E-state index in [1.54, 1.807) is 6.26 Å². The Kier molecular flexibility index (Phi) is 5.17. The van der Waals surface area contributed by atoms with Crippen LogP contribution in [0.25, 0.3) is 22.6 Å². The fourth-order valence-electron chi connectivity index (χ4n) is 4.15. The standard InChI is InChI=1S/C24H23FN4O/c25-20-9-7-18(8-10-20)17-3-5-19(6-4-17)24(29-13-11-26-12-14-29)21-16-27-28-23(21)22-2-1-15-30-22/h1-10,15-16,24,26H,11-14H2,(H,27,28). The molecule has 0 saturated carbocycles. The van der Waals surface area contributed by atoms with Gasteiger partial charge in [0.25, 0.3) is 0 Å². The first kappa shape index (κ1) is 18.8. The summed E-state index contributed by atoms with van der Waals surface area (Å²) in [6.45, 7) is 3.82. The van der Waals surface area contributed by atoms with E-state index >= 15 is 0 Å². The van der Waals surface area contributed by atoms with E-state index < -0.39 is 0 Å². The summed E-state index contributed by atoms with van der Waals surface area (Å²) < 4.78 is 18.9. The van der Waals surface area contributed by atoms with Crippen molar-refractivity contribution in [2.24, 2.45) is 0 Å². The molecule has 3 heterocycles. The van der Waals surface area contributed by atoms with Gasteiger partial charge in [-0.25, -0.2) is 4.39 Å². The van der Waals surface area contributed by atoms with Crippen LogP contribution in [-0.4, -0.2) is 41.3 Å². The van der Waals surface area contributed by atoms with E-state index in [0.29, 0.717) is 0 Å². The van der Waals surface area contributed by atoms with Gasteiger partial charge in [-0.15, -0.1) is 0 Å². The first-order valence-electron chi connectivity index (χ1n) is 10.2. The van der Waals surface area contributed by atoms with Gasteiger partial charge >= 0.3 is 0 Å². The minimum Gasteiger partial charge on any atom is -0.463 e. The van der Waals surface area contributed by atoms with Crippen LogP contribution >= 0.6 is 0 Å². The molecule has 0 radical (unpaired) electrons. The van der Waals surface area contributed by atoms with E-state index in [1.165, 1.54) is 17.7 Å². The molecular formula is C24H23FN4O. The lowest BCUT2D eigenvalue weighted by atomic mass is 9.94. The van der Waals surface area contributed by atoms with Gasteiger partial charge in [0.05, 0.1) is 18.5 Å². The van der Waals surface area contributed by atoms with Gasteiger partial charge in [0.1, 0.15) is 11.5 Å². The molecule has 1 aliphatic rings. The second kappa shape index (κ2) is 8.26. The summed E-state index contributed by atoms with van der Waals surface area (Å²) in [5, 5.41) is 10.9. The van der Waals surface area contributed by atoms with Crippen LogP contribution in [0, 0.1) is 5.82 Å². The summed E-state index contributed by atoms with van der Waals surface area (Å²) in [5.41, 5.74) is 5.27. The third-order valence-corrected chi connectivity index (χ3v) is 5.65. The largest absolute Gasteiger partial charge is 0.463 e. The lowest BCUT2D eigenvalue weighted by Gasteiger charge is -2.35. The van der Waals surface area contributed by atoms with Gasteiger partial charge in [-0.1, -0.05) is 36.4 Å². The first-order valence-corrected chi connectivity index (χ1v) is 10.2. The van der Waals surface area contributed by atoms with Crippen LogP contribution in [0.4, 0.5) is 4.39 Å². The molecule has 6 heteroatoms. The van der Waals surface area contributed by atoms with Gasteiger partial charge in [0.15, 0.2) is 5.76 Å². The summed E-state index contributed by atoms with van der Waals surface area (Å²) in [4.78, 5) is 2.47. The second-order valence-corrected chi connectivity index (χ2v) is 7.50. The number of rotatable bonds is 5. The molecule has 1 atom stereocenters. The minimum absolute atomic E-state index is 0.0632. The van der Waals surface area contributed by atoms with Crippen molar-refractivity contribution in [3.8, 4) is 22.6 Å². The number of benzene rings is 2. The predicted molar refractivity (Wildman–Crippen MR) is 114 cm³/mol. The monoisotopic (exact) mass is 402 g/mol. The molecule has 2 aromatic carbocycles. The molecule has 5 nitrogen and oxygen atoms in total. The molecule has 2 aromatic heterocycles. The van der Waals surface area contributed by atoms with Crippen molar-refractivity contribution in [3.05, 3.63) is 90.1 Å². The van der Waals surface area contributed by atoms with E-state index in [0.717, 1.165) is 54.3 Å². The molecule has 30 heavy (non-hydrogen) atoms. The molecule has 0 spiro atoms. The first-order chi connectivity index (χ1) is 14.8. The minimum atomic E-state index is -0.223. The van der Waals surface area contributed by atoms with Crippen LogP contribution < -0.4 is 5.32 Å². The maximum absolute atomic E-state index is 13.3. The van der Waals surface area contributed by atoms with Crippen molar-refractivity contribution < 1.29 is 8.81 Å². The fourth-order valence-corrected chi connectivity index (χ4v) is 4.15. The number of piperazine rings is 1. The molecular weight excluding hydrogens is 379 g/mol. The molecule has 1 fully saturated rings. The molecule has 2 N–H and O–H groups in total. The van der Waals surface area contributed by atoms with Gasteiger partial charge in [-0.3, -0.25) is 10.00 Å². The molecule has 152 valence electrons. The lowest BCUT2D eigenvalue weighted by Crippen LogP contribution is -2.45. The Morgan fingerprint density at radius 3 is 2.30 bits per heavy atom. The fraction of sp³-hybridized carbons (Fsp3) is 0.208. The Balaban J connectivity index is 1.53. The quantitative estimate of drug-likeness (QED) is 0.517. The number of halogens is 1. The Morgan fingerprint density at radius 2 is 1.63 bits per heavy atom. The van der Waals surface area contributed by atoms with E-state index in [4.69, 9.17) is 4.42 Å². The predicted octanol–water partition coefficient (Wildman–Crippen LogP) is 4.47. The van der Waals surface area contributed by atoms with E-state index in [1.807, 2.05) is 30.5 Å². The van der Waals surface area contributed by atoms with E-state index in [2.05, 4.69) is 44.7 Å². The summed E-state index contributed by atoms with van der Waals surface area (Å²) in [6, 6.07) is 19.0.